The van der Waals surface area contributed by atoms with E-state index in [2.05, 4.69) is 39.9 Å². The third-order valence-corrected chi connectivity index (χ3v) is 4.70. The molecule has 0 aromatic heterocycles. The normalized spacial score (nSPS) is 21.8. The molecule has 0 bridgehead atoms. The molecule has 0 amide bonds. The molecule has 1 saturated heterocycles. The number of benzene rings is 1. The second kappa shape index (κ2) is 6.93. The Balaban J connectivity index is 2.10. The lowest BCUT2D eigenvalue weighted by Crippen LogP contribution is -2.33. The largest absolute Gasteiger partial charge is 0.296 e. The minimum atomic E-state index is 0.729. The maximum atomic E-state index is 6.32. The molecule has 0 saturated carbocycles. The molecule has 18 heavy (non-hydrogen) atoms. The van der Waals surface area contributed by atoms with Crippen LogP contribution in [0.1, 0.15) is 44.6 Å². The van der Waals surface area contributed by atoms with Crippen LogP contribution in [-0.2, 0) is 6.54 Å². The van der Waals surface area contributed by atoms with Crippen LogP contribution in [-0.4, -0.2) is 17.5 Å². The van der Waals surface area contributed by atoms with Gasteiger partial charge in [-0.2, -0.15) is 0 Å². The van der Waals surface area contributed by atoms with Crippen molar-refractivity contribution in [3.8, 4) is 0 Å². The summed E-state index contributed by atoms with van der Waals surface area (Å²) in [5.41, 5.74) is 1.25. The predicted octanol–water partition coefficient (Wildman–Crippen LogP) is 5.26. The Morgan fingerprint density at radius 1 is 1.33 bits per heavy atom. The van der Waals surface area contributed by atoms with Gasteiger partial charge >= 0.3 is 0 Å². The van der Waals surface area contributed by atoms with Gasteiger partial charge in [0.05, 0.1) is 0 Å². The van der Waals surface area contributed by atoms with Crippen LogP contribution in [0, 0.1) is 0 Å². The Kier molecular flexibility index (Phi) is 5.53. The lowest BCUT2D eigenvalue weighted by atomic mass is 10.1. The minimum Gasteiger partial charge on any atom is -0.296 e. The van der Waals surface area contributed by atoms with Gasteiger partial charge in [-0.3, -0.25) is 4.90 Å². The minimum absolute atomic E-state index is 0.729. The molecule has 1 aromatic carbocycles. The predicted molar refractivity (Wildman–Crippen MR) is 82.1 cm³/mol. The van der Waals surface area contributed by atoms with E-state index in [4.69, 9.17) is 11.6 Å². The summed E-state index contributed by atoms with van der Waals surface area (Å²) in [6.07, 6.45) is 6.66. The Bertz CT molecular complexity index is 394. The molecule has 1 aliphatic heterocycles. The van der Waals surface area contributed by atoms with Crippen molar-refractivity contribution in [3.05, 3.63) is 33.3 Å². The zero-order valence-electron chi connectivity index (χ0n) is 11.0. The fourth-order valence-corrected chi connectivity index (χ4v) is 3.51. The van der Waals surface area contributed by atoms with Crippen molar-refractivity contribution >= 4 is 27.5 Å². The number of likely N-dealkylation sites (tertiary alicyclic amines) is 1. The molecule has 2 rings (SSSR count). The summed E-state index contributed by atoms with van der Waals surface area (Å²) in [6, 6.07) is 6.95. The lowest BCUT2D eigenvalue weighted by molar-refractivity contribution is 0.186. The molecule has 100 valence electrons. The van der Waals surface area contributed by atoms with Crippen LogP contribution in [0.4, 0.5) is 0 Å². The summed E-state index contributed by atoms with van der Waals surface area (Å²) in [5, 5.41) is 0.878. The van der Waals surface area contributed by atoms with Gasteiger partial charge in [0, 0.05) is 22.1 Å². The van der Waals surface area contributed by atoms with E-state index < -0.39 is 0 Å². The van der Waals surface area contributed by atoms with Gasteiger partial charge in [0.2, 0.25) is 0 Å². The Morgan fingerprint density at radius 3 is 2.89 bits per heavy atom. The molecule has 0 N–H and O–H groups in total. The highest BCUT2D eigenvalue weighted by molar-refractivity contribution is 9.10. The van der Waals surface area contributed by atoms with Gasteiger partial charge in [-0.15, -0.1) is 0 Å². The molecular formula is C15H21BrClN. The molecular weight excluding hydrogens is 310 g/mol. The number of rotatable bonds is 3. The van der Waals surface area contributed by atoms with Gasteiger partial charge < -0.3 is 0 Å². The molecule has 1 atom stereocenters. The molecule has 0 radical (unpaired) electrons. The van der Waals surface area contributed by atoms with Gasteiger partial charge in [0.1, 0.15) is 0 Å². The second-order valence-electron chi connectivity index (χ2n) is 5.12. The Hall–Kier alpha value is -0.0500. The van der Waals surface area contributed by atoms with E-state index in [-0.39, 0.29) is 0 Å². The summed E-state index contributed by atoms with van der Waals surface area (Å²) in [4.78, 5) is 2.61. The first kappa shape index (κ1) is 14.4. The number of nitrogens with zero attached hydrogens (tertiary/aromatic N) is 1. The van der Waals surface area contributed by atoms with Crippen LogP contribution < -0.4 is 0 Å². The molecule has 1 aromatic rings. The summed E-state index contributed by atoms with van der Waals surface area (Å²) in [7, 11) is 0. The molecule has 0 aliphatic carbocycles. The van der Waals surface area contributed by atoms with E-state index in [1.54, 1.807) is 0 Å². The molecule has 1 heterocycles. The van der Waals surface area contributed by atoms with Crippen molar-refractivity contribution < 1.29 is 0 Å². The van der Waals surface area contributed by atoms with Crippen molar-refractivity contribution in [2.24, 2.45) is 0 Å². The van der Waals surface area contributed by atoms with E-state index in [1.165, 1.54) is 44.2 Å². The summed E-state index contributed by atoms with van der Waals surface area (Å²) >= 11 is 9.79. The van der Waals surface area contributed by atoms with E-state index in [9.17, 15) is 0 Å². The third-order valence-electron chi connectivity index (χ3n) is 3.86. The van der Waals surface area contributed by atoms with Crippen LogP contribution in [0.3, 0.4) is 0 Å². The lowest BCUT2D eigenvalue weighted by Gasteiger charge is -2.29. The van der Waals surface area contributed by atoms with Crippen molar-refractivity contribution in [2.75, 3.05) is 6.54 Å². The highest BCUT2D eigenvalue weighted by Crippen LogP contribution is 2.26. The maximum Gasteiger partial charge on any atom is 0.0462 e. The Morgan fingerprint density at radius 2 is 2.17 bits per heavy atom. The van der Waals surface area contributed by atoms with Gasteiger partial charge in [-0.25, -0.2) is 0 Å². The molecule has 1 nitrogen and oxygen atoms in total. The van der Waals surface area contributed by atoms with Crippen molar-refractivity contribution in [1.82, 2.24) is 4.90 Å². The third kappa shape index (κ3) is 3.72. The van der Waals surface area contributed by atoms with Gasteiger partial charge in [-0.05, 0) is 43.5 Å². The summed E-state index contributed by atoms with van der Waals surface area (Å²) in [5.74, 6) is 0. The highest BCUT2D eigenvalue weighted by atomic mass is 79.9. The molecule has 1 aliphatic rings. The van der Waals surface area contributed by atoms with Gasteiger partial charge in [0.15, 0.2) is 0 Å². The van der Waals surface area contributed by atoms with E-state index in [0.717, 1.165) is 22.1 Å². The monoisotopic (exact) mass is 329 g/mol. The van der Waals surface area contributed by atoms with E-state index >= 15 is 0 Å². The van der Waals surface area contributed by atoms with Crippen molar-refractivity contribution in [2.45, 2.75) is 51.6 Å². The first-order valence-corrected chi connectivity index (χ1v) is 8.05. The fraction of sp³-hybridized carbons (Fsp3) is 0.600. The molecule has 0 spiro atoms. The van der Waals surface area contributed by atoms with Crippen LogP contribution >= 0.6 is 27.5 Å². The SMILES string of the molecule is CCC1CCCCCN1Cc1ccc(Br)cc1Cl. The van der Waals surface area contributed by atoms with Gasteiger partial charge in [0.25, 0.3) is 0 Å². The first-order valence-electron chi connectivity index (χ1n) is 6.88. The smallest absolute Gasteiger partial charge is 0.0462 e. The van der Waals surface area contributed by atoms with Crippen LogP contribution in [0.15, 0.2) is 22.7 Å². The molecule has 1 unspecified atom stereocenters. The van der Waals surface area contributed by atoms with E-state index in [1.807, 2.05) is 6.07 Å². The fourth-order valence-electron chi connectivity index (χ4n) is 2.78. The Labute approximate surface area is 124 Å². The highest BCUT2D eigenvalue weighted by Gasteiger charge is 2.20. The molecule has 3 heteroatoms. The van der Waals surface area contributed by atoms with Crippen LogP contribution in [0.25, 0.3) is 0 Å². The van der Waals surface area contributed by atoms with E-state index in [0.29, 0.717) is 0 Å². The number of halogens is 2. The summed E-state index contributed by atoms with van der Waals surface area (Å²) < 4.78 is 1.05. The standard InChI is InChI=1S/C15H21BrClN/c1-2-14-6-4-3-5-9-18(14)11-12-7-8-13(16)10-15(12)17/h7-8,10,14H,2-6,9,11H2,1H3. The zero-order valence-corrected chi connectivity index (χ0v) is 13.3. The first-order chi connectivity index (χ1) is 8.70. The zero-order chi connectivity index (χ0) is 13.0. The van der Waals surface area contributed by atoms with Crippen LogP contribution in [0.5, 0.6) is 0 Å². The van der Waals surface area contributed by atoms with Gasteiger partial charge in [-0.1, -0.05) is 53.4 Å². The average Bonchev–Trinajstić information content (AvgIpc) is 2.57. The van der Waals surface area contributed by atoms with Crippen molar-refractivity contribution in [1.29, 1.82) is 0 Å². The molecule has 1 fully saturated rings. The quantitative estimate of drug-likeness (QED) is 0.731. The van der Waals surface area contributed by atoms with Crippen molar-refractivity contribution in [3.63, 3.8) is 0 Å². The number of hydrogen-bond donors (Lipinski definition) is 0. The summed E-state index contributed by atoms with van der Waals surface area (Å²) in [6.45, 7) is 4.50. The second-order valence-corrected chi connectivity index (χ2v) is 6.44. The average molecular weight is 331 g/mol. The maximum absolute atomic E-state index is 6.32. The van der Waals surface area contributed by atoms with Crippen LogP contribution in [0.2, 0.25) is 5.02 Å². The number of hydrogen-bond acceptors (Lipinski definition) is 1. The topological polar surface area (TPSA) is 3.24 Å².